The number of aryl methyl sites for hydroxylation is 8. The Morgan fingerprint density at radius 1 is 0.173 bits per heavy atom. The fraction of sp³-hybridized carbons (Fsp3) is 0.277. The predicted molar refractivity (Wildman–Crippen MR) is 479 cm³/mol. The van der Waals surface area contributed by atoms with Crippen molar-refractivity contribution in [3.63, 3.8) is 0 Å². The van der Waals surface area contributed by atoms with Crippen LogP contribution in [0.25, 0.3) is 75.4 Å². The maximum absolute atomic E-state index is 3.98. The van der Waals surface area contributed by atoms with E-state index in [9.17, 15) is 0 Å². The summed E-state index contributed by atoms with van der Waals surface area (Å²) in [5, 5.41) is 18.8. The van der Waals surface area contributed by atoms with Crippen LogP contribution >= 0.6 is 0 Å². The van der Waals surface area contributed by atoms with Crippen LogP contribution in [0.1, 0.15) is 183 Å². The third-order valence-corrected chi connectivity index (χ3v) is 14.2. The van der Waals surface area contributed by atoms with E-state index in [0.717, 1.165) is 5.69 Å². The zero-order valence-electron chi connectivity index (χ0n) is 69.8. The summed E-state index contributed by atoms with van der Waals surface area (Å²) >= 11 is 0. The molecule has 15 aromatic rings. The molecule has 0 saturated carbocycles. The first-order valence-corrected chi connectivity index (χ1v) is 38.7. The Bertz CT molecular complexity index is 4250. The zero-order valence-corrected chi connectivity index (χ0v) is 69.8. The van der Waals surface area contributed by atoms with Gasteiger partial charge in [0, 0.05) is 36.7 Å². The quantitative estimate of drug-likeness (QED) is 0.142. The maximum Gasteiger partial charge on any atom is 0.0372 e. The highest BCUT2D eigenvalue weighted by Crippen LogP contribution is 2.35. The van der Waals surface area contributed by atoms with Gasteiger partial charge in [0.25, 0.3) is 0 Å². The first-order valence-electron chi connectivity index (χ1n) is 38.7. The van der Waals surface area contributed by atoms with Crippen LogP contribution < -0.4 is 0 Å². The van der Waals surface area contributed by atoms with Gasteiger partial charge >= 0.3 is 0 Å². The molecule has 0 saturated heterocycles. The molecule has 0 unspecified atom stereocenters. The van der Waals surface area contributed by atoms with Crippen LogP contribution in [-0.2, 0) is 0 Å². The lowest BCUT2D eigenvalue weighted by atomic mass is 9.93. The van der Waals surface area contributed by atoms with Gasteiger partial charge in [-0.1, -0.05) is 404 Å². The van der Waals surface area contributed by atoms with Crippen molar-refractivity contribution in [2.75, 3.05) is 0 Å². The van der Waals surface area contributed by atoms with Crippen LogP contribution in [0.5, 0.6) is 0 Å². The molecule has 15 rings (SSSR count). The van der Waals surface area contributed by atoms with Crippen molar-refractivity contribution in [2.45, 2.75) is 194 Å². The number of benzene rings is 12. The van der Waals surface area contributed by atoms with E-state index in [1.165, 1.54) is 114 Å². The van der Waals surface area contributed by atoms with Crippen molar-refractivity contribution in [3.05, 3.63) is 355 Å². The summed E-state index contributed by atoms with van der Waals surface area (Å²) in [4.78, 5) is 11.7. The monoisotopic (exact) mass is 1390 g/mol. The number of nitrogens with zero attached hydrogens (tertiary/aromatic N) is 3. The number of hydrogen-bond acceptors (Lipinski definition) is 3. The maximum atomic E-state index is 3.98. The molecule has 0 bridgehead atoms. The molecule has 3 aromatic heterocycles. The highest BCUT2D eigenvalue weighted by molar-refractivity contribution is 6.25. The Hall–Kier alpha value is -10.1. The number of fused-ring (bicyclic) bond motifs is 11. The molecule has 0 amide bonds. The number of aromatic nitrogens is 3. The van der Waals surface area contributed by atoms with E-state index in [2.05, 4.69) is 268 Å². The number of hydrogen-bond donors (Lipinski definition) is 0. The zero-order chi connectivity index (χ0) is 78.9. The fourth-order valence-electron chi connectivity index (χ4n) is 9.82. The van der Waals surface area contributed by atoms with E-state index in [0.29, 0.717) is 0 Å². The molecule has 3 heteroatoms. The second-order valence-electron chi connectivity index (χ2n) is 20.9. The van der Waals surface area contributed by atoms with Gasteiger partial charge in [-0.15, -0.1) is 0 Å². The van der Waals surface area contributed by atoms with Crippen LogP contribution in [0.4, 0.5) is 0 Å². The average Bonchev–Trinajstić information content (AvgIpc) is 0.750. The van der Waals surface area contributed by atoms with Crippen molar-refractivity contribution >= 4 is 75.4 Å². The van der Waals surface area contributed by atoms with Gasteiger partial charge in [0.05, 0.1) is 0 Å². The SMILES string of the molecule is CC.CC.CC.CC.CC.CC.CC.CC.CC.CC.Cc1cc2ccccc2c2ccccc12.Cc1ccc2c3ccccc3c3ccccc3c2c1.Cc1ccc2ccccc2c1.Cc1cccc2ccccc12.Cc1ccccc1.Cc1ccccn1.Cc1cccnc1.Cc1ccncc1. The Morgan fingerprint density at radius 3 is 0.962 bits per heavy atom. The molecule has 554 valence electrons. The van der Waals surface area contributed by atoms with Crippen molar-refractivity contribution in [1.82, 2.24) is 15.0 Å². The van der Waals surface area contributed by atoms with Crippen molar-refractivity contribution in [2.24, 2.45) is 0 Å². The third-order valence-electron chi connectivity index (χ3n) is 14.2. The van der Waals surface area contributed by atoms with E-state index < -0.39 is 0 Å². The first kappa shape index (κ1) is 98.1. The van der Waals surface area contributed by atoms with E-state index in [1.54, 1.807) is 24.8 Å². The Balaban J connectivity index is -0.00000111. The summed E-state index contributed by atoms with van der Waals surface area (Å²) in [5.41, 5.74) is 10.2. The standard InChI is InChI=1S/C19H14.C15H12.2C11H10.C7H8.3C6H7N.10C2H6/c1-13-10-11-18-16-8-3-2-6-14(16)15-7-4-5-9-17(15)19(18)12-13;1-11-10-12-6-2-3-8-14(12)15-9-5-4-7-13(11)15;1-9-5-4-7-10-6-2-3-8-11(9)10;1-9-6-7-10-4-2-3-5-11(10)8-9;1-7-5-3-2-4-6-7;1-6-2-4-7-5-3-6;1-6-3-2-4-7-5-6;1-6-4-2-3-5-7-6;10*1-2/h2-12H,1H3;2-10H,1H3;2*2-8H,1H3;2-6H,1H3;3*2-5H,1H3;10*1-2H3. The summed E-state index contributed by atoms with van der Waals surface area (Å²) in [6, 6.07) is 97.3. The predicted octanol–water partition coefficient (Wildman–Crippen LogP) is 32.5. The van der Waals surface area contributed by atoms with Crippen molar-refractivity contribution in [3.8, 4) is 0 Å². The number of pyridine rings is 3. The molecule has 0 aliphatic rings. The minimum atomic E-state index is 1.07. The number of rotatable bonds is 0. The van der Waals surface area contributed by atoms with E-state index >= 15 is 0 Å². The van der Waals surface area contributed by atoms with Crippen LogP contribution in [-0.4, -0.2) is 15.0 Å². The summed E-state index contributed by atoms with van der Waals surface area (Å²) < 4.78 is 0. The second kappa shape index (κ2) is 65.0. The summed E-state index contributed by atoms with van der Waals surface area (Å²) in [6.45, 7) is 56.7. The van der Waals surface area contributed by atoms with E-state index in [-0.39, 0.29) is 0 Å². The molecule has 0 spiro atoms. The average molecular weight is 1390 g/mol. The van der Waals surface area contributed by atoms with Crippen LogP contribution in [0.3, 0.4) is 0 Å². The summed E-state index contributed by atoms with van der Waals surface area (Å²) in [7, 11) is 0. The Labute approximate surface area is 635 Å². The van der Waals surface area contributed by atoms with Gasteiger partial charge < -0.3 is 0 Å². The molecule has 3 nitrogen and oxygen atoms in total. The molecule has 0 N–H and O–H groups in total. The lowest BCUT2D eigenvalue weighted by Gasteiger charge is -2.10. The lowest BCUT2D eigenvalue weighted by molar-refractivity contribution is 1.20. The van der Waals surface area contributed by atoms with Gasteiger partial charge in [-0.2, -0.15) is 0 Å². The van der Waals surface area contributed by atoms with Crippen LogP contribution in [0.2, 0.25) is 0 Å². The van der Waals surface area contributed by atoms with Crippen LogP contribution in [0, 0.1) is 55.4 Å². The normalized spacial score (nSPS) is 8.77. The summed E-state index contributed by atoms with van der Waals surface area (Å²) in [6.07, 6.45) is 8.97. The van der Waals surface area contributed by atoms with Gasteiger partial charge in [0.1, 0.15) is 0 Å². The molecule has 0 aliphatic carbocycles. The largest absolute Gasteiger partial charge is 0.265 e. The molecule has 3 heterocycles. The van der Waals surface area contributed by atoms with Crippen molar-refractivity contribution < 1.29 is 0 Å². The first-order chi connectivity index (χ1) is 51.0. The van der Waals surface area contributed by atoms with Crippen molar-refractivity contribution in [1.29, 1.82) is 0 Å². The highest BCUT2D eigenvalue weighted by atomic mass is 14.6. The fourth-order valence-corrected chi connectivity index (χ4v) is 9.82. The molecule has 0 radical (unpaired) electrons. The van der Waals surface area contributed by atoms with Gasteiger partial charge in [-0.3, -0.25) is 15.0 Å². The molecule has 0 aliphatic heterocycles. The third kappa shape index (κ3) is 36.7. The molecule has 12 aromatic carbocycles. The minimum Gasteiger partial charge on any atom is -0.265 e. The van der Waals surface area contributed by atoms with Gasteiger partial charge in [0.15, 0.2) is 0 Å². The molecule has 0 atom stereocenters. The summed E-state index contributed by atoms with van der Waals surface area (Å²) in [5.74, 6) is 0. The Morgan fingerprint density at radius 2 is 0.548 bits per heavy atom. The van der Waals surface area contributed by atoms with Gasteiger partial charge in [0.2, 0.25) is 0 Å². The minimum absolute atomic E-state index is 1.07. The topological polar surface area (TPSA) is 38.7 Å². The smallest absolute Gasteiger partial charge is 0.0372 e. The van der Waals surface area contributed by atoms with Gasteiger partial charge in [-0.05, 0) is 183 Å². The molecular weight excluding hydrogens is 1260 g/mol. The molecule has 104 heavy (non-hydrogen) atoms. The molecular formula is C101H135N3. The second-order valence-corrected chi connectivity index (χ2v) is 20.9. The highest BCUT2D eigenvalue weighted by Gasteiger charge is 2.08. The van der Waals surface area contributed by atoms with E-state index in [4.69, 9.17) is 0 Å². The van der Waals surface area contributed by atoms with Gasteiger partial charge in [-0.25, -0.2) is 0 Å². The lowest BCUT2D eigenvalue weighted by Crippen LogP contribution is -1.83. The molecule has 0 fully saturated rings. The van der Waals surface area contributed by atoms with Crippen LogP contribution in [0.15, 0.2) is 310 Å². The van der Waals surface area contributed by atoms with E-state index in [1.807, 2.05) is 226 Å². The Kier molecular flexibility index (Phi) is 61.3.